The summed E-state index contributed by atoms with van der Waals surface area (Å²) in [5.41, 5.74) is 0.712. The molecule has 1 aliphatic rings. The van der Waals surface area contributed by atoms with Crippen LogP contribution in [0.5, 0.6) is 0 Å². The molecule has 26 heavy (non-hydrogen) atoms. The first kappa shape index (κ1) is 18.6. The highest BCUT2D eigenvalue weighted by Gasteiger charge is 2.15. The van der Waals surface area contributed by atoms with Gasteiger partial charge in [0.25, 0.3) is 5.56 Å². The van der Waals surface area contributed by atoms with Gasteiger partial charge in [-0.2, -0.15) is 0 Å². The molecule has 0 aliphatic carbocycles. The van der Waals surface area contributed by atoms with Gasteiger partial charge in [0, 0.05) is 17.6 Å². The average molecular weight is 355 g/mol. The highest BCUT2D eigenvalue weighted by molar-refractivity contribution is 5.82. The van der Waals surface area contributed by atoms with E-state index in [0.29, 0.717) is 11.9 Å². The number of likely N-dealkylation sites (tertiary alicyclic amines) is 1. The van der Waals surface area contributed by atoms with Gasteiger partial charge in [0.05, 0.1) is 0 Å². The molecule has 1 aliphatic heterocycles. The monoisotopic (exact) mass is 355 g/mol. The first-order chi connectivity index (χ1) is 12.5. The summed E-state index contributed by atoms with van der Waals surface area (Å²) in [7, 11) is 0. The van der Waals surface area contributed by atoms with Gasteiger partial charge in [-0.15, -0.1) is 0 Å². The molecule has 5 heteroatoms. The van der Waals surface area contributed by atoms with Gasteiger partial charge in [0.2, 0.25) is 5.91 Å². The number of amides is 1. The first-order valence-electron chi connectivity index (χ1n) is 9.63. The largest absolute Gasteiger partial charge is 0.355 e. The van der Waals surface area contributed by atoms with E-state index in [9.17, 15) is 9.59 Å². The van der Waals surface area contributed by atoms with Gasteiger partial charge in [0.15, 0.2) is 0 Å². The Labute approximate surface area is 155 Å². The minimum atomic E-state index is -0.0993. The number of benzene rings is 1. The second kappa shape index (κ2) is 8.49. The van der Waals surface area contributed by atoms with E-state index >= 15 is 0 Å². The average Bonchev–Trinajstić information content (AvgIpc) is 2.64. The number of pyridine rings is 1. The number of carbonyl (C=O) groups is 1. The molecule has 1 amide bonds. The van der Waals surface area contributed by atoms with Gasteiger partial charge in [-0.05, 0) is 69.3 Å². The van der Waals surface area contributed by atoms with E-state index in [0.717, 1.165) is 30.0 Å². The Bertz CT molecular complexity index is 820. The zero-order chi connectivity index (χ0) is 18.5. The molecular weight excluding hydrogens is 326 g/mol. The number of carbonyl (C=O) groups excluding carboxylic acids is 1. The minimum Gasteiger partial charge on any atom is -0.355 e. The number of hydrogen-bond donors (Lipinski definition) is 1. The molecule has 1 fully saturated rings. The molecule has 0 spiro atoms. The first-order valence-corrected chi connectivity index (χ1v) is 9.63. The third-order valence-corrected chi connectivity index (χ3v) is 5.38. The van der Waals surface area contributed by atoms with Crippen molar-refractivity contribution in [1.82, 2.24) is 14.8 Å². The smallest absolute Gasteiger partial charge is 0.259 e. The Hall–Kier alpha value is -2.14. The van der Waals surface area contributed by atoms with Crippen LogP contribution in [0.2, 0.25) is 0 Å². The van der Waals surface area contributed by atoms with Crippen molar-refractivity contribution >= 4 is 16.7 Å². The highest BCUT2D eigenvalue weighted by Crippen LogP contribution is 2.15. The number of piperidine rings is 1. The van der Waals surface area contributed by atoms with Crippen molar-refractivity contribution in [2.75, 3.05) is 26.2 Å². The van der Waals surface area contributed by atoms with E-state index < -0.39 is 0 Å². The molecule has 0 atom stereocenters. The fraction of sp³-hybridized carbons (Fsp3) is 0.524. The molecule has 0 saturated carbocycles. The summed E-state index contributed by atoms with van der Waals surface area (Å²) in [5, 5.41) is 4.53. The van der Waals surface area contributed by atoms with Crippen molar-refractivity contribution < 1.29 is 4.79 Å². The number of nitrogens with one attached hydrogen (secondary N) is 1. The van der Waals surface area contributed by atoms with Gasteiger partial charge in [-0.25, -0.2) is 0 Å². The van der Waals surface area contributed by atoms with Crippen LogP contribution >= 0.6 is 0 Å². The van der Waals surface area contributed by atoms with Crippen LogP contribution < -0.4 is 10.9 Å². The maximum absolute atomic E-state index is 12.6. The van der Waals surface area contributed by atoms with Crippen molar-refractivity contribution in [2.45, 2.75) is 39.7 Å². The van der Waals surface area contributed by atoms with Crippen LogP contribution in [0.25, 0.3) is 10.8 Å². The van der Waals surface area contributed by atoms with Crippen molar-refractivity contribution in [2.24, 2.45) is 5.92 Å². The quantitative estimate of drug-likeness (QED) is 0.810. The number of rotatable bonds is 6. The lowest BCUT2D eigenvalue weighted by Crippen LogP contribution is -2.37. The molecule has 1 N–H and O–H groups in total. The fourth-order valence-corrected chi connectivity index (χ4v) is 3.64. The van der Waals surface area contributed by atoms with Crippen LogP contribution in [0.1, 0.15) is 31.9 Å². The summed E-state index contributed by atoms with van der Waals surface area (Å²) in [5.74, 6) is 0.743. The topological polar surface area (TPSA) is 54.3 Å². The third kappa shape index (κ3) is 4.52. The molecule has 2 aromatic rings. The van der Waals surface area contributed by atoms with Crippen molar-refractivity contribution in [3.63, 3.8) is 0 Å². The predicted octanol–water partition coefficient (Wildman–Crippen LogP) is 2.55. The van der Waals surface area contributed by atoms with E-state index in [-0.39, 0.29) is 18.0 Å². The van der Waals surface area contributed by atoms with Crippen molar-refractivity contribution in [3.8, 4) is 0 Å². The van der Waals surface area contributed by atoms with E-state index in [1.54, 1.807) is 4.57 Å². The Morgan fingerprint density at radius 1 is 1.23 bits per heavy atom. The Morgan fingerprint density at radius 3 is 2.73 bits per heavy atom. The van der Waals surface area contributed by atoms with Crippen LogP contribution in [-0.4, -0.2) is 41.6 Å². The van der Waals surface area contributed by atoms with Crippen LogP contribution in [0.3, 0.4) is 0 Å². The third-order valence-electron chi connectivity index (χ3n) is 5.38. The summed E-state index contributed by atoms with van der Waals surface area (Å²) in [6, 6.07) is 9.47. The van der Waals surface area contributed by atoms with Crippen LogP contribution in [0.15, 0.2) is 35.1 Å². The lowest BCUT2D eigenvalue weighted by molar-refractivity contribution is -0.121. The van der Waals surface area contributed by atoms with Gasteiger partial charge in [-0.1, -0.05) is 25.1 Å². The molecule has 1 aromatic heterocycles. The van der Waals surface area contributed by atoms with Crippen molar-refractivity contribution in [1.29, 1.82) is 0 Å². The Balaban J connectivity index is 1.51. The highest BCUT2D eigenvalue weighted by atomic mass is 16.2. The second-order valence-electron chi connectivity index (χ2n) is 7.49. The van der Waals surface area contributed by atoms with E-state index in [4.69, 9.17) is 0 Å². The maximum atomic E-state index is 12.6. The lowest BCUT2D eigenvalue weighted by atomic mass is 9.99. The molecular formula is C21H29N3O2. The SMILES string of the molecule is Cc1cc2ccccc2c(=O)n1CC(=O)NCCCN1CCC(C)CC1. The molecule has 1 saturated heterocycles. The van der Waals surface area contributed by atoms with Crippen LogP contribution in [0, 0.1) is 12.8 Å². The Kier molecular flexibility index (Phi) is 6.09. The Morgan fingerprint density at radius 2 is 1.96 bits per heavy atom. The molecule has 0 unspecified atom stereocenters. The predicted molar refractivity (Wildman–Crippen MR) is 105 cm³/mol. The van der Waals surface area contributed by atoms with E-state index in [2.05, 4.69) is 17.1 Å². The summed E-state index contributed by atoms with van der Waals surface area (Å²) >= 11 is 0. The van der Waals surface area contributed by atoms with Gasteiger partial charge in [-0.3, -0.25) is 9.59 Å². The van der Waals surface area contributed by atoms with Crippen LogP contribution in [0.4, 0.5) is 0 Å². The van der Waals surface area contributed by atoms with E-state index in [1.807, 2.05) is 37.3 Å². The molecule has 3 rings (SSSR count). The van der Waals surface area contributed by atoms with Gasteiger partial charge in [0.1, 0.15) is 6.54 Å². The number of aromatic nitrogens is 1. The van der Waals surface area contributed by atoms with Gasteiger partial charge < -0.3 is 14.8 Å². The zero-order valence-corrected chi connectivity index (χ0v) is 15.8. The normalized spacial score (nSPS) is 16.1. The molecule has 5 nitrogen and oxygen atoms in total. The second-order valence-corrected chi connectivity index (χ2v) is 7.49. The van der Waals surface area contributed by atoms with E-state index in [1.165, 1.54) is 25.9 Å². The zero-order valence-electron chi connectivity index (χ0n) is 15.8. The fourth-order valence-electron chi connectivity index (χ4n) is 3.64. The summed E-state index contributed by atoms with van der Waals surface area (Å²) in [4.78, 5) is 27.4. The van der Waals surface area contributed by atoms with Crippen molar-refractivity contribution in [3.05, 3.63) is 46.4 Å². The number of hydrogen-bond acceptors (Lipinski definition) is 3. The summed E-state index contributed by atoms with van der Waals surface area (Å²) in [6.45, 7) is 8.29. The minimum absolute atomic E-state index is 0.0801. The molecule has 1 aromatic carbocycles. The lowest BCUT2D eigenvalue weighted by Gasteiger charge is -2.30. The number of aryl methyl sites for hydroxylation is 1. The summed E-state index contributed by atoms with van der Waals surface area (Å²) < 4.78 is 1.56. The molecule has 0 radical (unpaired) electrons. The summed E-state index contributed by atoms with van der Waals surface area (Å²) in [6.07, 6.45) is 3.50. The standard InChI is InChI=1S/C21H29N3O2/c1-16-8-12-23(13-9-16)11-5-10-22-20(25)15-24-17(2)14-18-6-3-4-7-19(18)21(24)26/h3-4,6-7,14,16H,5,8-13,15H2,1-2H3,(H,22,25). The molecule has 140 valence electrons. The molecule has 2 heterocycles. The number of nitrogens with zero attached hydrogens (tertiary/aromatic N) is 2. The van der Waals surface area contributed by atoms with Crippen LogP contribution in [-0.2, 0) is 11.3 Å². The maximum Gasteiger partial charge on any atom is 0.259 e. The molecule has 0 bridgehead atoms. The van der Waals surface area contributed by atoms with Gasteiger partial charge >= 0.3 is 0 Å². The number of fused-ring (bicyclic) bond motifs is 1.